The molecular weight excluding hydrogens is 378 g/mol. The number of aryl methyl sites for hydroxylation is 1. The largest absolute Gasteiger partial charge is 0.304 e. The summed E-state index contributed by atoms with van der Waals surface area (Å²) in [4.78, 5) is 14.6. The summed E-state index contributed by atoms with van der Waals surface area (Å²) in [6.07, 6.45) is 0.429. The lowest BCUT2D eigenvalue weighted by atomic mass is 9.98. The topological polar surface area (TPSA) is 38.1 Å². The lowest BCUT2D eigenvalue weighted by Crippen LogP contribution is -2.36. The van der Waals surface area contributed by atoms with Gasteiger partial charge in [0.2, 0.25) is 5.91 Å². The van der Waals surface area contributed by atoms with Gasteiger partial charge in [-0.2, -0.15) is 5.10 Å². The SMILES string of the molecule is Cc1nn(-c2ccccc2)c(C)c1N1Cc2cc(Br)ccc2CC1=O. The van der Waals surface area contributed by atoms with Crippen molar-refractivity contribution in [2.24, 2.45) is 0 Å². The summed E-state index contributed by atoms with van der Waals surface area (Å²) in [5.41, 5.74) is 6.06. The van der Waals surface area contributed by atoms with Gasteiger partial charge in [0.1, 0.15) is 0 Å². The quantitative estimate of drug-likeness (QED) is 0.646. The maximum atomic E-state index is 12.8. The third kappa shape index (κ3) is 2.78. The van der Waals surface area contributed by atoms with Crippen LogP contribution in [0.5, 0.6) is 0 Å². The molecule has 4 nitrogen and oxygen atoms in total. The van der Waals surface area contributed by atoms with Crippen molar-refractivity contribution in [1.82, 2.24) is 9.78 Å². The van der Waals surface area contributed by atoms with Crippen LogP contribution in [0.3, 0.4) is 0 Å². The summed E-state index contributed by atoms with van der Waals surface area (Å²) in [5, 5.41) is 4.68. The van der Waals surface area contributed by atoms with Gasteiger partial charge in [0, 0.05) is 4.47 Å². The van der Waals surface area contributed by atoms with Gasteiger partial charge in [0.05, 0.1) is 35.7 Å². The molecule has 0 N–H and O–H groups in total. The van der Waals surface area contributed by atoms with Gasteiger partial charge in [0.25, 0.3) is 0 Å². The van der Waals surface area contributed by atoms with E-state index in [9.17, 15) is 4.79 Å². The second-order valence-electron chi connectivity index (χ2n) is 6.34. The molecule has 2 aromatic carbocycles. The Bertz CT molecular complexity index is 963. The molecule has 2 heterocycles. The van der Waals surface area contributed by atoms with E-state index in [4.69, 9.17) is 0 Å². The fourth-order valence-electron chi connectivity index (χ4n) is 3.48. The number of anilines is 1. The Hall–Kier alpha value is -2.40. The Morgan fingerprint density at radius 2 is 1.80 bits per heavy atom. The molecule has 5 heteroatoms. The molecule has 0 radical (unpaired) electrons. The normalized spacial score (nSPS) is 13.9. The molecule has 4 rings (SSSR count). The van der Waals surface area contributed by atoms with Crippen LogP contribution in [0, 0.1) is 13.8 Å². The Labute approximate surface area is 155 Å². The van der Waals surface area contributed by atoms with Crippen molar-refractivity contribution in [1.29, 1.82) is 0 Å². The first-order chi connectivity index (χ1) is 12.0. The number of para-hydroxylation sites is 1. The zero-order valence-electron chi connectivity index (χ0n) is 14.2. The van der Waals surface area contributed by atoms with Gasteiger partial charge in [-0.25, -0.2) is 4.68 Å². The molecule has 126 valence electrons. The average molecular weight is 396 g/mol. The van der Waals surface area contributed by atoms with E-state index in [1.807, 2.05) is 65.9 Å². The Morgan fingerprint density at radius 1 is 1.04 bits per heavy atom. The molecule has 1 aliphatic heterocycles. The highest BCUT2D eigenvalue weighted by Crippen LogP contribution is 2.32. The van der Waals surface area contributed by atoms with Gasteiger partial charge in [-0.15, -0.1) is 0 Å². The third-order valence-corrected chi connectivity index (χ3v) is 5.16. The highest BCUT2D eigenvalue weighted by molar-refractivity contribution is 9.10. The molecule has 0 saturated carbocycles. The van der Waals surface area contributed by atoms with E-state index < -0.39 is 0 Å². The Kier molecular flexibility index (Phi) is 3.96. The molecule has 0 aliphatic carbocycles. The minimum Gasteiger partial charge on any atom is -0.304 e. The molecule has 1 aromatic heterocycles. The van der Waals surface area contributed by atoms with Gasteiger partial charge in [-0.05, 0) is 49.2 Å². The van der Waals surface area contributed by atoms with Crippen molar-refractivity contribution in [3.63, 3.8) is 0 Å². The number of carbonyl (C=O) groups is 1. The van der Waals surface area contributed by atoms with Crippen LogP contribution in [0.15, 0.2) is 53.0 Å². The van der Waals surface area contributed by atoms with Crippen molar-refractivity contribution in [2.45, 2.75) is 26.8 Å². The maximum Gasteiger partial charge on any atom is 0.231 e. The van der Waals surface area contributed by atoms with Crippen LogP contribution >= 0.6 is 15.9 Å². The highest BCUT2D eigenvalue weighted by atomic mass is 79.9. The van der Waals surface area contributed by atoms with Crippen LogP contribution in [0.4, 0.5) is 5.69 Å². The number of benzene rings is 2. The minimum absolute atomic E-state index is 0.119. The van der Waals surface area contributed by atoms with Crippen LogP contribution < -0.4 is 4.90 Å². The van der Waals surface area contributed by atoms with E-state index in [1.165, 1.54) is 5.56 Å². The van der Waals surface area contributed by atoms with Gasteiger partial charge < -0.3 is 4.90 Å². The van der Waals surface area contributed by atoms with Crippen LogP contribution in [0.1, 0.15) is 22.5 Å². The molecule has 0 saturated heterocycles. The zero-order valence-corrected chi connectivity index (χ0v) is 15.7. The first-order valence-electron chi connectivity index (χ1n) is 8.24. The Morgan fingerprint density at radius 3 is 2.56 bits per heavy atom. The minimum atomic E-state index is 0.119. The number of amides is 1. The lowest BCUT2D eigenvalue weighted by molar-refractivity contribution is -0.118. The predicted molar refractivity (Wildman–Crippen MR) is 102 cm³/mol. The first kappa shape index (κ1) is 16.1. The fraction of sp³-hybridized carbons (Fsp3) is 0.200. The number of rotatable bonds is 2. The molecule has 0 fully saturated rings. The van der Waals surface area contributed by atoms with Crippen LogP contribution in [-0.4, -0.2) is 15.7 Å². The third-order valence-electron chi connectivity index (χ3n) is 4.66. The van der Waals surface area contributed by atoms with Gasteiger partial charge >= 0.3 is 0 Å². The van der Waals surface area contributed by atoms with Crippen molar-refractivity contribution < 1.29 is 4.79 Å². The number of nitrogens with zero attached hydrogens (tertiary/aromatic N) is 3. The molecule has 0 bridgehead atoms. The number of hydrogen-bond acceptors (Lipinski definition) is 2. The monoisotopic (exact) mass is 395 g/mol. The summed E-state index contributed by atoms with van der Waals surface area (Å²) in [6, 6.07) is 16.1. The lowest BCUT2D eigenvalue weighted by Gasteiger charge is -2.29. The molecule has 0 spiro atoms. The first-order valence-corrected chi connectivity index (χ1v) is 9.03. The molecule has 25 heavy (non-hydrogen) atoms. The Balaban J connectivity index is 1.78. The van der Waals surface area contributed by atoms with Crippen LogP contribution in [-0.2, 0) is 17.8 Å². The van der Waals surface area contributed by atoms with Gasteiger partial charge in [-0.1, -0.05) is 40.2 Å². The second kappa shape index (κ2) is 6.15. The molecule has 1 aliphatic rings. The summed E-state index contributed by atoms with van der Waals surface area (Å²) in [7, 11) is 0. The standard InChI is InChI=1S/C20H18BrN3O/c1-13-20(14(2)24(22-13)18-6-4-3-5-7-18)23-12-16-10-17(21)9-8-15(16)11-19(23)25/h3-10H,11-12H2,1-2H3. The number of carbonyl (C=O) groups excluding carboxylic acids is 1. The van der Waals surface area contributed by atoms with Gasteiger partial charge in [0.15, 0.2) is 0 Å². The van der Waals surface area contributed by atoms with E-state index in [0.717, 1.165) is 32.8 Å². The molecule has 0 atom stereocenters. The highest BCUT2D eigenvalue weighted by Gasteiger charge is 2.29. The fourth-order valence-corrected chi connectivity index (χ4v) is 3.89. The van der Waals surface area contributed by atoms with Gasteiger partial charge in [-0.3, -0.25) is 4.79 Å². The predicted octanol–water partition coefficient (Wildman–Crippen LogP) is 4.34. The van der Waals surface area contributed by atoms with Crippen LogP contribution in [0.25, 0.3) is 5.69 Å². The maximum absolute atomic E-state index is 12.8. The number of aromatic nitrogens is 2. The van der Waals surface area contributed by atoms with Crippen molar-refractivity contribution in [3.8, 4) is 5.69 Å². The summed E-state index contributed by atoms with van der Waals surface area (Å²) in [6.45, 7) is 4.56. The molecule has 0 unspecified atom stereocenters. The van der Waals surface area contributed by atoms with E-state index in [2.05, 4.69) is 27.1 Å². The summed E-state index contributed by atoms with van der Waals surface area (Å²) in [5.74, 6) is 0.119. The van der Waals surface area contributed by atoms with E-state index >= 15 is 0 Å². The van der Waals surface area contributed by atoms with Crippen molar-refractivity contribution in [3.05, 3.63) is 75.5 Å². The molecule has 1 amide bonds. The van der Waals surface area contributed by atoms with E-state index in [-0.39, 0.29) is 5.91 Å². The smallest absolute Gasteiger partial charge is 0.231 e. The van der Waals surface area contributed by atoms with Crippen LogP contribution in [0.2, 0.25) is 0 Å². The summed E-state index contributed by atoms with van der Waals surface area (Å²) >= 11 is 3.53. The average Bonchev–Trinajstić information content (AvgIpc) is 2.90. The summed E-state index contributed by atoms with van der Waals surface area (Å²) < 4.78 is 2.95. The number of halogens is 1. The number of fused-ring (bicyclic) bond motifs is 1. The molecular formula is C20H18BrN3O. The molecule has 3 aromatic rings. The van der Waals surface area contributed by atoms with E-state index in [1.54, 1.807) is 0 Å². The van der Waals surface area contributed by atoms with E-state index in [0.29, 0.717) is 13.0 Å². The van der Waals surface area contributed by atoms with Crippen molar-refractivity contribution in [2.75, 3.05) is 4.90 Å². The van der Waals surface area contributed by atoms with Crippen molar-refractivity contribution >= 4 is 27.5 Å². The second-order valence-corrected chi connectivity index (χ2v) is 7.25. The zero-order chi connectivity index (χ0) is 17.6. The number of hydrogen-bond donors (Lipinski definition) is 0.